The fourth-order valence-electron chi connectivity index (χ4n) is 5.25. The number of piperazine rings is 1. The quantitative estimate of drug-likeness (QED) is 0.229. The highest BCUT2D eigenvalue weighted by Gasteiger charge is 2.17. The highest BCUT2D eigenvalue weighted by atomic mass is 16.4. The Bertz CT molecular complexity index is 1430. The molecule has 7 heteroatoms. The Morgan fingerprint density at radius 3 is 2.16 bits per heavy atom. The molecule has 5 rings (SSSR count). The number of likely N-dealkylation sites (N-methyl/N-ethyl adjacent to an activating group) is 1. The zero-order valence-electron chi connectivity index (χ0n) is 22.3. The summed E-state index contributed by atoms with van der Waals surface area (Å²) >= 11 is 0. The van der Waals surface area contributed by atoms with E-state index >= 15 is 0 Å². The molecule has 2 aromatic carbocycles. The number of rotatable bonds is 7. The molecule has 1 aliphatic heterocycles. The molecule has 0 aliphatic carbocycles. The molecule has 1 aliphatic rings. The molecule has 0 spiro atoms. The van der Waals surface area contributed by atoms with Gasteiger partial charge in [0.1, 0.15) is 17.1 Å². The van der Waals surface area contributed by atoms with Crippen LogP contribution in [0.3, 0.4) is 0 Å². The molecular formula is C30H36N6O. The Labute approximate surface area is 219 Å². The standard InChI is InChI=1S/C30H36N6O/c1-5-27-32-28-21(2)16-22(3)31-30(28)36(27)20-24-9-7-11-26(18-24)29(33-37)25-10-6-8-23(17-25)19-35-14-12-34(4)13-15-35/h6-11,16-18,37H,5,12-15,19-20H2,1-4H3/b33-29+. The van der Waals surface area contributed by atoms with Crippen LogP contribution in [0.15, 0.2) is 59.8 Å². The van der Waals surface area contributed by atoms with Gasteiger partial charge in [-0.3, -0.25) is 4.90 Å². The smallest absolute Gasteiger partial charge is 0.160 e. The van der Waals surface area contributed by atoms with Gasteiger partial charge in [-0.2, -0.15) is 0 Å². The average molecular weight is 497 g/mol. The summed E-state index contributed by atoms with van der Waals surface area (Å²) in [5.41, 5.74) is 8.76. The number of fused-ring (bicyclic) bond motifs is 1. The van der Waals surface area contributed by atoms with E-state index in [1.165, 1.54) is 5.56 Å². The lowest BCUT2D eigenvalue weighted by Gasteiger charge is -2.32. The summed E-state index contributed by atoms with van der Waals surface area (Å²) in [4.78, 5) is 14.5. The monoisotopic (exact) mass is 496 g/mol. The molecule has 192 valence electrons. The average Bonchev–Trinajstić information content (AvgIpc) is 3.24. The van der Waals surface area contributed by atoms with E-state index in [4.69, 9.17) is 9.97 Å². The first-order chi connectivity index (χ1) is 17.9. The van der Waals surface area contributed by atoms with Crippen molar-refractivity contribution in [3.8, 4) is 0 Å². The summed E-state index contributed by atoms with van der Waals surface area (Å²) in [6.45, 7) is 12.1. The Morgan fingerprint density at radius 1 is 0.892 bits per heavy atom. The Morgan fingerprint density at radius 2 is 1.54 bits per heavy atom. The van der Waals surface area contributed by atoms with Crippen LogP contribution in [0, 0.1) is 13.8 Å². The number of hydrogen-bond acceptors (Lipinski definition) is 6. The third-order valence-corrected chi connectivity index (χ3v) is 7.26. The van der Waals surface area contributed by atoms with Crippen LogP contribution in [0.5, 0.6) is 0 Å². The highest BCUT2D eigenvalue weighted by Crippen LogP contribution is 2.22. The van der Waals surface area contributed by atoms with Crippen molar-refractivity contribution in [1.29, 1.82) is 0 Å². The van der Waals surface area contributed by atoms with Crippen molar-refractivity contribution in [2.24, 2.45) is 5.16 Å². The molecule has 7 nitrogen and oxygen atoms in total. The van der Waals surface area contributed by atoms with Gasteiger partial charge in [0.15, 0.2) is 5.65 Å². The van der Waals surface area contributed by atoms with Crippen molar-refractivity contribution >= 4 is 16.9 Å². The molecule has 0 atom stereocenters. The topological polar surface area (TPSA) is 69.8 Å². The summed E-state index contributed by atoms with van der Waals surface area (Å²) in [6, 6.07) is 18.7. The molecular weight excluding hydrogens is 460 g/mol. The first-order valence-electron chi connectivity index (χ1n) is 13.1. The Hall–Kier alpha value is -3.55. The maximum Gasteiger partial charge on any atom is 0.160 e. The highest BCUT2D eigenvalue weighted by molar-refractivity contribution is 6.12. The predicted molar refractivity (Wildman–Crippen MR) is 149 cm³/mol. The van der Waals surface area contributed by atoms with Crippen molar-refractivity contribution in [1.82, 2.24) is 24.3 Å². The number of imidazole rings is 1. The van der Waals surface area contributed by atoms with Gasteiger partial charge in [-0.15, -0.1) is 0 Å². The minimum absolute atomic E-state index is 0.582. The maximum absolute atomic E-state index is 10.1. The van der Waals surface area contributed by atoms with E-state index in [1.807, 2.05) is 25.1 Å². The summed E-state index contributed by atoms with van der Waals surface area (Å²) < 4.78 is 2.21. The summed E-state index contributed by atoms with van der Waals surface area (Å²) in [5, 5.41) is 13.8. The molecule has 2 aromatic heterocycles. The number of aromatic nitrogens is 3. The van der Waals surface area contributed by atoms with E-state index in [0.29, 0.717) is 12.3 Å². The second kappa shape index (κ2) is 10.8. The van der Waals surface area contributed by atoms with E-state index in [2.05, 4.69) is 76.8 Å². The fourth-order valence-corrected chi connectivity index (χ4v) is 5.25. The Kier molecular flexibility index (Phi) is 7.35. The van der Waals surface area contributed by atoms with Crippen LogP contribution < -0.4 is 0 Å². The van der Waals surface area contributed by atoms with Gasteiger partial charge in [0.05, 0.1) is 6.54 Å². The molecule has 1 N–H and O–H groups in total. The second-order valence-corrected chi connectivity index (χ2v) is 10.1. The van der Waals surface area contributed by atoms with E-state index in [-0.39, 0.29) is 0 Å². The van der Waals surface area contributed by atoms with E-state index < -0.39 is 0 Å². The second-order valence-electron chi connectivity index (χ2n) is 10.1. The number of aryl methyl sites for hydroxylation is 3. The van der Waals surface area contributed by atoms with Gasteiger partial charge in [0.2, 0.25) is 0 Å². The molecule has 0 bridgehead atoms. The van der Waals surface area contributed by atoms with Crippen molar-refractivity contribution in [2.45, 2.75) is 40.3 Å². The lowest BCUT2D eigenvalue weighted by Crippen LogP contribution is -2.43. The van der Waals surface area contributed by atoms with Crippen molar-refractivity contribution < 1.29 is 5.21 Å². The summed E-state index contributed by atoms with van der Waals surface area (Å²) in [5.74, 6) is 1.02. The molecule has 0 radical (unpaired) electrons. The molecule has 3 heterocycles. The molecule has 0 saturated carbocycles. The van der Waals surface area contributed by atoms with E-state index in [9.17, 15) is 5.21 Å². The fraction of sp³-hybridized carbons (Fsp3) is 0.367. The van der Waals surface area contributed by atoms with Gasteiger partial charge in [-0.1, -0.05) is 48.5 Å². The van der Waals surface area contributed by atoms with Gasteiger partial charge >= 0.3 is 0 Å². The third kappa shape index (κ3) is 5.43. The first-order valence-corrected chi connectivity index (χ1v) is 13.1. The zero-order chi connectivity index (χ0) is 25.9. The van der Waals surface area contributed by atoms with Crippen molar-refractivity contribution in [2.75, 3.05) is 33.2 Å². The number of hydrogen-bond donors (Lipinski definition) is 1. The van der Waals surface area contributed by atoms with Crippen LogP contribution in [0.1, 0.15) is 46.3 Å². The van der Waals surface area contributed by atoms with Crippen molar-refractivity contribution in [3.05, 3.63) is 93.9 Å². The van der Waals surface area contributed by atoms with Crippen LogP contribution in [0.4, 0.5) is 0 Å². The van der Waals surface area contributed by atoms with Crippen LogP contribution in [-0.2, 0) is 19.5 Å². The Balaban J connectivity index is 1.41. The lowest BCUT2D eigenvalue weighted by molar-refractivity contribution is 0.148. The lowest BCUT2D eigenvalue weighted by atomic mass is 9.98. The normalized spacial score (nSPS) is 15.5. The number of nitrogens with zero attached hydrogens (tertiary/aromatic N) is 6. The van der Waals surface area contributed by atoms with Crippen molar-refractivity contribution in [3.63, 3.8) is 0 Å². The van der Waals surface area contributed by atoms with Gasteiger partial charge < -0.3 is 14.7 Å². The number of benzene rings is 2. The molecule has 37 heavy (non-hydrogen) atoms. The first kappa shape index (κ1) is 25.1. The minimum atomic E-state index is 0.582. The minimum Gasteiger partial charge on any atom is -0.410 e. The zero-order valence-corrected chi connectivity index (χ0v) is 22.3. The molecule has 4 aromatic rings. The molecule has 0 unspecified atom stereocenters. The van der Waals surface area contributed by atoms with E-state index in [1.54, 1.807) is 0 Å². The van der Waals surface area contributed by atoms with Crippen LogP contribution in [0.25, 0.3) is 11.2 Å². The molecule has 1 fully saturated rings. The van der Waals surface area contributed by atoms with Gasteiger partial charge in [-0.25, -0.2) is 9.97 Å². The number of oxime groups is 1. The van der Waals surface area contributed by atoms with Crippen LogP contribution in [-0.4, -0.2) is 68.5 Å². The summed E-state index contributed by atoms with van der Waals surface area (Å²) in [6.07, 6.45) is 0.831. The SMILES string of the molecule is CCc1nc2c(C)cc(C)nc2n1Cc1cccc(/C(=N/O)c2cccc(CN3CCN(C)CC3)c2)c1. The van der Waals surface area contributed by atoms with Crippen LogP contribution in [0.2, 0.25) is 0 Å². The van der Waals surface area contributed by atoms with Gasteiger partial charge in [0, 0.05) is 56.0 Å². The molecule has 0 amide bonds. The third-order valence-electron chi connectivity index (χ3n) is 7.26. The van der Waals surface area contributed by atoms with Gasteiger partial charge in [-0.05, 0) is 55.8 Å². The van der Waals surface area contributed by atoms with Gasteiger partial charge in [0.25, 0.3) is 0 Å². The van der Waals surface area contributed by atoms with E-state index in [0.717, 1.165) is 84.1 Å². The predicted octanol–water partition coefficient (Wildman–Crippen LogP) is 4.63. The largest absolute Gasteiger partial charge is 0.410 e. The summed E-state index contributed by atoms with van der Waals surface area (Å²) in [7, 11) is 2.17. The number of pyridine rings is 1. The molecule has 1 saturated heterocycles. The maximum atomic E-state index is 10.1. The van der Waals surface area contributed by atoms with Crippen LogP contribution >= 0.6 is 0 Å².